The first-order valence-corrected chi connectivity index (χ1v) is 9.79. The van der Waals surface area contributed by atoms with Gasteiger partial charge >= 0.3 is 5.97 Å². The van der Waals surface area contributed by atoms with Crippen molar-refractivity contribution in [2.24, 2.45) is 0 Å². The van der Waals surface area contributed by atoms with Gasteiger partial charge in [0.05, 0.1) is 18.5 Å². The maximum atomic E-state index is 12.1. The fraction of sp³-hybridized carbons (Fsp3) is 0.238. The van der Waals surface area contributed by atoms with Crippen LogP contribution in [0.1, 0.15) is 31.2 Å². The molecule has 1 unspecified atom stereocenters. The van der Waals surface area contributed by atoms with Gasteiger partial charge in [-0.25, -0.2) is 4.98 Å². The third kappa shape index (κ3) is 3.94. The summed E-state index contributed by atoms with van der Waals surface area (Å²) < 4.78 is 6.43. The number of nitrogens with zero attached hydrogens (tertiary/aromatic N) is 1. The first-order chi connectivity index (χ1) is 13.0. The van der Waals surface area contributed by atoms with Crippen molar-refractivity contribution in [2.45, 2.75) is 25.7 Å². The van der Waals surface area contributed by atoms with Crippen LogP contribution in [0.25, 0.3) is 22.0 Å². The lowest BCUT2D eigenvalue weighted by molar-refractivity contribution is -0.139. The summed E-state index contributed by atoms with van der Waals surface area (Å²) in [7, 11) is 1.52. The quantitative estimate of drug-likeness (QED) is 0.481. The molecular weight excluding hydrogens is 430 g/mol. The highest BCUT2D eigenvalue weighted by Gasteiger charge is 2.29. The summed E-state index contributed by atoms with van der Waals surface area (Å²) in [5, 5.41) is 11.4. The van der Waals surface area contributed by atoms with Gasteiger partial charge in [-0.1, -0.05) is 53.0 Å². The topological polar surface area (TPSA) is 59.4 Å². The molecule has 0 amide bonds. The van der Waals surface area contributed by atoms with E-state index in [4.69, 9.17) is 16.3 Å². The zero-order valence-electron chi connectivity index (χ0n) is 15.0. The van der Waals surface area contributed by atoms with E-state index in [2.05, 4.69) is 20.9 Å². The van der Waals surface area contributed by atoms with Crippen molar-refractivity contribution in [1.82, 2.24) is 4.98 Å². The third-order valence-electron chi connectivity index (χ3n) is 4.50. The van der Waals surface area contributed by atoms with Gasteiger partial charge in [0, 0.05) is 26.0 Å². The Morgan fingerprint density at radius 1 is 1.26 bits per heavy atom. The van der Waals surface area contributed by atoms with Gasteiger partial charge in [-0.2, -0.15) is 0 Å². The number of rotatable bonds is 6. The highest BCUT2D eigenvalue weighted by atomic mass is 79.9. The molecule has 0 saturated carbocycles. The molecule has 0 aliphatic heterocycles. The summed E-state index contributed by atoms with van der Waals surface area (Å²) in [5.41, 5.74) is 3.03. The molecule has 0 fully saturated rings. The van der Waals surface area contributed by atoms with Crippen LogP contribution in [0.4, 0.5) is 0 Å². The van der Waals surface area contributed by atoms with Crippen molar-refractivity contribution in [1.29, 1.82) is 0 Å². The molecule has 0 bridgehead atoms. The Bertz CT molecular complexity index is 989. The largest absolute Gasteiger partial charge is 0.481 e. The summed E-state index contributed by atoms with van der Waals surface area (Å²) in [5.74, 6) is -1.26. The van der Waals surface area contributed by atoms with E-state index in [1.165, 1.54) is 7.11 Å². The molecule has 3 aromatic rings. The van der Waals surface area contributed by atoms with E-state index in [1.807, 2.05) is 37.3 Å². The van der Waals surface area contributed by atoms with Crippen molar-refractivity contribution in [3.05, 3.63) is 57.5 Å². The molecule has 0 spiro atoms. The van der Waals surface area contributed by atoms with Gasteiger partial charge in [-0.15, -0.1) is 0 Å². The van der Waals surface area contributed by atoms with Gasteiger partial charge in [0.25, 0.3) is 0 Å². The molecule has 6 heteroatoms. The van der Waals surface area contributed by atoms with E-state index in [0.29, 0.717) is 22.9 Å². The van der Waals surface area contributed by atoms with E-state index in [9.17, 15) is 9.90 Å². The standard InChI is InChI=1S/C21H19BrClNO3/c1-3-4-15(21(25)26)19-18(12-5-8-14(23)9-6-12)16-11-13(22)7-10-17(16)24-20(19)27-2/h5-11,15H,3-4H2,1-2H3,(H,25,26). The molecule has 3 rings (SSSR count). The second kappa shape index (κ2) is 8.28. The number of halogens is 2. The first kappa shape index (κ1) is 19.6. The SMILES string of the molecule is CCCC(C(=O)O)c1c(OC)nc2ccc(Br)cc2c1-c1ccc(Cl)cc1. The number of aromatic nitrogens is 1. The van der Waals surface area contributed by atoms with Gasteiger partial charge in [0.1, 0.15) is 0 Å². The van der Waals surface area contributed by atoms with Crippen LogP contribution in [0.3, 0.4) is 0 Å². The van der Waals surface area contributed by atoms with Crippen molar-refractivity contribution in [2.75, 3.05) is 7.11 Å². The van der Waals surface area contributed by atoms with Crippen LogP contribution in [0.2, 0.25) is 5.02 Å². The average Bonchev–Trinajstić information content (AvgIpc) is 2.65. The van der Waals surface area contributed by atoms with Crippen LogP contribution in [0.5, 0.6) is 5.88 Å². The van der Waals surface area contributed by atoms with Crippen LogP contribution in [-0.4, -0.2) is 23.2 Å². The highest BCUT2D eigenvalue weighted by molar-refractivity contribution is 9.10. The Morgan fingerprint density at radius 3 is 2.56 bits per heavy atom. The normalized spacial score (nSPS) is 12.1. The molecular formula is C21H19BrClNO3. The maximum Gasteiger partial charge on any atom is 0.311 e. The summed E-state index contributed by atoms with van der Waals surface area (Å²) in [4.78, 5) is 16.7. The minimum absolute atomic E-state index is 0.343. The number of hydrogen-bond donors (Lipinski definition) is 1. The Labute approximate surface area is 171 Å². The van der Waals surface area contributed by atoms with Crippen molar-refractivity contribution in [3.63, 3.8) is 0 Å². The van der Waals surface area contributed by atoms with E-state index in [-0.39, 0.29) is 0 Å². The van der Waals surface area contributed by atoms with Crippen molar-refractivity contribution in [3.8, 4) is 17.0 Å². The number of aliphatic carboxylic acids is 1. The summed E-state index contributed by atoms with van der Waals surface area (Å²) >= 11 is 9.58. The zero-order chi connectivity index (χ0) is 19.6. The predicted molar refractivity (Wildman–Crippen MR) is 112 cm³/mol. The smallest absolute Gasteiger partial charge is 0.311 e. The minimum atomic E-state index is -0.887. The number of methoxy groups -OCH3 is 1. The molecule has 0 aliphatic carbocycles. The van der Waals surface area contributed by atoms with E-state index >= 15 is 0 Å². The minimum Gasteiger partial charge on any atom is -0.481 e. The van der Waals surface area contributed by atoms with E-state index < -0.39 is 11.9 Å². The predicted octanol–water partition coefficient (Wildman–Crippen LogP) is 6.29. The third-order valence-corrected chi connectivity index (χ3v) is 5.25. The molecule has 1 heterocycles. The van der Waals surface area contributed by atoms with Crippen molar-refractivity contribution >= 4 is 44.4 Å². The molecule has 1 aromatic heterocycles. The lowest BCUT2D eigenvalue weighted by Gasteiger charge is -2.21. The van der Waals surface area contributed by atoms with Gasteiger partial charge in [0.15, 0.2) is 0 Å². The van der Waals surface area contributed by atoms with E-state index in [0.717, 1.165) is 32.9 Å². The number of pyridine rings is 1. The maximum absolute atomic E-state index is 12.1. The molecule has 1 atom stereocenters. The van der Waals surface area contributed by atoms with Crippen LogP contribution in [0.15, 0.2) is 46.9 Å². The molecule has 0 aliphatic rings. The monoisotopic (exact) mass is 447 g/mol. The average molecular weight is 449 g/mol. The molecule has 2 aromatic carbocycles. The van der Waals surface area contributed by atoms with Crippen LogP contribution in [0, 0.1) is 0 Å². The Morgan fingerprint density at radius 2 is 1.96 bits per heavy atom. The molecule has 4 nitrogen and oxygen atoms in total. The fourth-order valence-corrected chi connectivity index (χ4v) is 3.80. The molecule has 1 N–H and O–H groups in total. The molecule has 140 valence electrons. The number of hydrogen-bond acceptors (Lipinski definition) is 3. The number of ether oxygens (including phenoxy) is 1. The van der Waals surface area contributed by atoms with Gasteiger partial charge in [-0.3, -0.25) is 4.79 Å². The molecule has 27 heavy (non-hydrogen) atoms. The fourth-order valence-electron chi connectivity index (χ4n) is 3.31. The Hall–Kier alpha value is -2.11. The van der Waals surface area contributed by atoms with Gasteiger partial charge in [-0.05, 0) is 42.3 Å². The summed E-state index contributed by atoms with van der Waals surface area (Å²) in [6.45, 7) is 1.97. The second-order valence-corrected chi connectivity index (χ2v) is 7.61. The van der Waals surface area contributed by atoms with Crippen LogP contribution in [-0.2, 0) is 4.79 Å². The molecule has 0 saturated heterocycles. The molecule has 0 radical (unpaired) electrons. The number of benzene rings is 2. The Kier molecular flexibility index (Phi) is 6.02. The Balaban J connectivity index is 2.45. The number of fused-ring (bicyclic) bond motifs is 1. The lowest BCUT2D eigenvalue weighted by atomic mass is 9.86. The number of carboxylic acids is 1. The highest BCUT2D eigenvalue weighted by Crippen LogP contribution is 2.42. The lowest BCUT2D eigenvalue weighted by Crippen LogP contribution is -2.15. The zero-order valence-corrected chi connectivity index (χ0v) is 17.3. The van der Waals surface area contributed by atoms with Crippen molar-refractivity contribution < 1.29 is 14.6 Å². The van der Waals surface area contributed by atoms with Crippen LogP contribution < -0.4 is 4.74 Å². The van der Waals surface area contributed by atoms with Gasteiger partial charge < -0.3 is 9.84 Å². The first-order valence-electron chi connectivity index (χ1n) is 8.62. The van der Waals surface area contributed by atoms with Crippen LogP contribution >= 0.6 is 27.5 Å². The number of carboxylic acid groups (broad SMARTS) is 1. The second-order valence-electron chi connectivity index (χ2n) is 6.26. The summed E-state index contributed by atoms with van der Waals surface area (Å²) in [6, 6.07) is 13.1. The summed E-state index contributed by atoms with van der Waals surface area (Å²) in [6.07, 6.45) is 1.23. The van der Waals surface area contributed by atoms with Gasteiger partial charge in [0.2, 0.25) is 5.88 Å². The number of carbonyl (C=O) groups is 1. The van der Waals surface area contributed by atoms with E-state index in [1.54, 1.807) is 12.1 Å².